The summed E-state index contributed by atoms with van der Waals surface area (Å²) in [5.41, 5.74) is 0. The van der Waals surface area contributed by atoms with Crippen LogP contribution in [0.2, 0.25) is 0 Å². The van der Waals surface area contributed by atoms with Gasteiger partial charge >= 0.3 is 6.18 Å². The van der Waals surface area contributed by atoms with Crippen molar-refractivity contribution in [2.75, 3.05) is 40.3 Å². The Morgan fingerprint density at radius 1 is 1.35 bits per heavy atom. The minimum Gasteiger partial charge on any atom is -0.355 e. The Balaban J connectivity index is 0. The third kappa shape index (κ3) is 13.4. The average Bonchev–Trinajstić information content (AvgIpc) is 2.10. The van der Waals surface area contributed by atoms with Gasteiger partial charge in [0.1, 0.15) is 0 Å². The van der Waals surface area contributed by atoms with Crippen LogP contribution in [0.1, 0.15) is 6.42 Å². The monoisotopic (exact) mass is 277 g/mol. The highest BCUT2D eigenvalue weighted by molar-refractivity contribution is 5.85. The lowest BCUT2D eigenvalue weighted by atomic mass is 10.3. The van der Waals surface area contributed by atoms with Crippen molar-refractivity contribution in [3.05, 3.63) is 0 Å². The molecule has 0 saturated carbocycles. The second-order valence-electron chi connectivity index (χ2n) is 3.59. The lowest BCUT2D eigenvalue weighted by molar-refractivity contribution is -0.143. The predicted octanol–water partition coefficient (Wildman–Crippen LogP) is 0.628. The summed E-state index contributed by atoms with van der Waals surface area (Å²) in [5.74, 6) is -0.152. The van der Waals surface area contributed by atoms with E-state index in [4.69, 9.17) is 0 Å². The molecule has 0 radical (unpaired) electrons. The molecule has 0 atom stereocenters. The quantitative estimate of drug-likeness (QED) is 0.671. The molecule has 0 aliphatic heterocycles. The van der Waals surface area contributed by atoms with Gasteiger partial charge < -0.3 is 10.6 Å². The van der Waals surface area contributed by atoms with Gasteiger partial charge in [-0.2, -0.15) is 13.2 Å². The SMILES string of the molecule is CNCC(=O)NCCCN(C)CC(F)(F)F.Cl. The molecule has 0 rings (SSSR count). The number of alkyl halides is 3. The minimum absolute atomic E-state index is 0. The van der Waals surface area contributed by atoms with Gasteiger partial charge in [-0.3, -0.25) is 9.69 Å². The number of likely N-dealkylation sites (N-methyl/N-ethyl adjacent to an activating group) is 1. The Morgan fingerprint density at radius 2 is 1.94 bits per heavy atom. The molecule has 1 amide bonds. The molecule has 0 bridgehead atoms. The van der Waals surface area contributed by atoms with Crippen molar-refractivity contribution in [2.45, 2.75) is 12.6 Å². The van der Waals surface area contributed by atoms with E-state index in [-0.39, 0.29) is 24.9 Å². The Kier molecular flexibility index (Phi) is 10.5. The summed E-state index contributed by atoms with van der Waals surface area (Å²) in [6.07, 6.45) is -3.66. The molecule has 0 aromatic heterocycles. The first-order valence-electron chi connectivity index (χ1n) is 5.01. The zero-order valence-corrected chi connectivity index (χ0v) is 10.7. The van der Waals surface area contributed by atoms with Crippen LogP contribution < -0.4 is 10.6 Å². The fourth-order valence-corrected chi connectivity index (χ4v) is 1.18. The van der Waals surface area contributed by atoms with Gasteiger partial charge in [0.25, 0.3) is 0 Å². The predicted molar refractivity (Wildman–Crippen MR) is 62.4 cm³/mol. The van der Waals surface area contributed by atoms with Crippen LogP contribution >= 0.6 is 12.4 Å². The smallest absolute Gasteiger partial charge is 0.355 e. The lowest BCUT2D eigenvalue weighted by Gasteiger charge is -2.18. The highest BCUT2D eigenvalue weighted by Gasteiger charge is 2.28. The number of hydrogen-bond acceptors (Lipinski definition) is 3. The Labute approximate surface area is 105 Å². The van der Waals surface area contributed by atoms with Crippen molar-refractivity contribution >= 4 is 18.3 Å². The Morgan fingerprint density at radius 3 is 2.41 bits per heavy atom. The molecule has 0 aliphatic rings. The molecule has 0 saturated heterocycles. The highest BCUT2D eigenvalue weighted by Crippen LogP contribution is 2.15. The highest BCUT2D eigenvalue weighted by atomic mass is 35.5. The number of rotatable bonds is 7. The lowest BCUT2D eigenvalue weighted by Crippen LogP contribution is -2.36. The van der Waals surface area contributed by atoms with Gasteiger partial charge in [-0.15, -0.1) is 12.4 Å². The summed E-state index contributed by atoms with van der Waals surface area (Å²) < 4.78 is 35.8. The van der Waals surface area contributed by atoms with Crippen molar-refractivity contribution in [1.82, 2.24) is 15.5 Å². The van der Waals surface area contributed by atoms with Crippen LogP contribution in [-0.4, -0.2) is 57.3 Å². The summed E-state index contributed by atoms with van der Waals surface area (Å²) >= 11 is 0. The second-order valence-corrected chi connectivity index (χ2v) is 3.59. The summed E-state index contributed by atoms with van der Waals surface area (Å²) in [5, 5.41) is 5.27. The number of carbonyl (C=O) groups excluding carboxylic acids is 1. The molecule has 0 fully saturated rings. The fraction of sp³-hybridized carbons (Fsp3) is 0.889. The molecule has 4 nitrogen and oxygen atoms in total. The zero-order valence-electron chi connectivity index (χ0n) is 9.93. The molecule has 8 heteroatoms. The van der Waals surface area contributed by atoms with Crippen LogP contribution in [0.25, 0.3) is 0 Å². The van der Waals surface area contributed by atoms with Crippen LogP contribution in [0, 0.1) is 0 Å². The number of nitrogens with one attached hydrogen (secondary N) is 2. The summed E-state index contributed by atoms with van der Waals surface area (Å²) in [6, 6.07) is 0. The third-order valence-electron chi connectivity index (χ3n) is 1.83. The van der Waals surface area contributed by atoms with Crippen LogP contribution in [0.15, 0.2) is 0 Å². The largest absolute Gasteiger partial charge is 0.401 e. The van der Waals surface area contributed by atoms with Crippen molar-refractivity contribution in [1.29, 1.82) is 0 Å². The standard InChI is InChI=1S/C9H18F3N3O.ClH/c1-13-6-8(16)14-4-3-5-15(2)7-9(10,11)12;/h13H,3-7H2,1-2H3,(H,14,16);1H. The maximum atomic E-state index is 11.9. The molecule has 0 heterocycles. The summed E-state index contributed by atoms with van der Waals surface area (Å²) in [7, 11) is 3.06. The minimum atomic E-state index is -4.16. The molecule has 2 N–H and O–H groups in total. The summed E-state index contributed by atoms with van der Waals surface area (Å²) in [6.45, 7) is -0.00208. The van der Waals surface area contributed by atoms with Gasteiger partial charge in [-0.1, -0.05) is 0 Å². The summed E-state index contributed by atoms with van der Waals surface area (Å²) in [4.78, 5) is 12.1. The molecular weight excluding hydrogens is 259 g/mol. The van der Waals surface area contributed by atoms with E-state index in [1.807, 2.05) is 0 Å². The molecular formula is C9H19ClF3N3O. The first-order valence-corrected chi connectivity index (χ1v) is 5.01. The van der Waals surface area contributed by atoms with Crippen molar-refractivity contribution < 1.29 is 18.0 Å². The van der Waals surface area contributed by atoms with Crippen molar-refractivity contribution in [2.24, 2.45) is 0 Å². The van der Waals surface area contributed by atoms with E-state index in [9.17, 15) is 18.0 Å². The van der Waals surface area contributed by atoms with Gasteiger partial charge in [-0.05, 0) is 27.1 Å². The van der Waals surface area contributed by atoms with E-state index < -0.39 is 12.7 Å². The van der Waals surface area contributed by atoms with E-state index in [0.717, 1.165) is 0 Å². The first kappa shape index (κ1) is 18.8. The maximum Gasteiger partial charge on any atom is 0.401 e. The van der Waals surface area contributed by atoms with Crippen LogP contribution in [0.4, 0.5) is 13.2 Å². The fourth-order valence-electron chi connectivity index (χ4n) is 1.18. The Hall–Kier alpha value is -0.530. The number of nitrogens with zero attached hydrogens (tertiary/aromatic N) is 1. The maximum absolute atomic E-state index is 11.9. The molecule has 104 valence electrons. The number of halogens is 4. The van der Waals surface area contributed by atoms with Crippen LogP contribution in [-0.2, 0) is 4.79 Å². The van der Waals surface area contributed by atoms with Crippen molar-refractivity contribution in [3.63, 3.8) is 0 Å². The zero-order chi connectivity index (χ0) is 12.6. The van der Waals surface area contributed by atoms with E-state index in [0.29, 0.717) is 19.5 Å². The molecule has 0 unspecified atom stereocenters. The Bertz CT molecular complexity index is 214. The topological polar surface area (TPSA) is 44.4 Å². The van der Waals surface area contributed by atoms with E-state index in [1.165, 1.54) is 11.9 Å². The van der Waals surface area contributed by atoms with Gasteiger partial charge in [0, 0.05) is 6.54 Å². The second kappa shape index (κ2) is 9.49. The van der Waals surface area contributed by atoms with Crippen LogP contribution in [0.3, 0.4) is 0 Å². The van der Waals surface area contributed by atoms with E-state index >= 15 is 0 Å². The van der Waals surface area contributed by atoms with E-state index in [2.05, 4.69) is 10.6 Å². The normalized spacial score (nSPS) is 11.2. The molecule has 0 aromatic rings. The number of amides is 1. The molecule has 17 heavy (non-hydrogen) atoms. The average molecular weight is 278 g/mol. The number of hydrogen-bond donors (Lipinski definition) is 2. The molecule has 0 aromatic carbocycles. The first-order chi connectivity index (χ1) is 7.35. The number of carbonyl (C=O) groups is 1. The molecule has 0 spiro atoms. The van der Waals surface area contributed by atoms with Gasteiger partial charge in [0.15, 0.2) is 0 Å². The van der Waals surface area contributed by atoms with Gasteiger partial charge in [0.05, 0.1) is 13.1 Å². The van der Waals surface area contributed by atoms with Gasteiger partial charge in [0.2, 0.25) is 5.91 Å². The third-order valence-corrected chi connectivity index (χ3v) is 1.83. The molecule has 0 aliphatic carbocycles. The van der Waals surface area contributed by atoms with Crippen molar-refractivity contribution in [3.8, 4) is 0 Å². The van der Waals surface area contributed by atoms with Crippen LogP contribution in [0.5, 0.6) is 0 Å². The van der Waals surface area contributed by atoms with Gasteiger partial charge in [-0.25, -0.2) is 0 Å². The van der Waals surface area contributed by atoms with E-state index in [1.54, 1.807) is 7.05 Å².